The van der Waals surface area contributed by atoms with Gasteiger partial charge in [0.15, 0.2) is 12.4 Å². The first-order valence-corrected chi connectivity index (χ1v) is 7.03. The first-order valence-electron chi connectivity index (χ1n) is 7.03. The Morgan fingerprint density at radius 2 is 2.10 bits per heavy atom. The predicted octanol–water partition coefficient (Wildman–Crippen LogP) is 3.01. The molecule has 0 bridgehead atoms. The molecule has 1 aromatic heterocycles. The number of ether oxygens (including phenoxy) is 1. The van der Waals surface area contributed by atoms with Crippen LogP contribution in [0, 0.1) is 0 Å². The normalized spacial score (nSPS) is 12.3. The molecule has 1 aromatic carbocycles. The Balaban J connectivity index is 2.02. The van der Waals surface area contributed by atoms with Gasteiger partial charge in [-0.25, -0.2) is 0 Å². The highest BCUT2D eigenvalue weighted by molar-refractivity contribution is 5.35. The minimum absolute atomic E-state index is 0.0236. The Morgan fingerprint density at radius 1 is 1.30 bits per heavy atom. The summed E-state index contributed by atoms with van der Waals surface area (Å²) in [5.74, 6) is 2.00. The molecule has 0 saturated heterocycles. The topological polar surface area (TPSA) is 74.2 Å². The number of hydrogen-bond acceptors (Lipinski definition) is 5. The zero-order valence-corrected chi connectivity index (χ0v) is 12.0. The van der Waals surface area contributed by atoms with Gasteiger partial charge >= 0.3 is 0 Å². The minimum atomic E-state index is -0.0236. The van der Waals surface area contributed by atoms with Gasteiger partial charge in [-0.1, -0.05) is 37.2 Å². The number of hydrogen-bond donors (Lipinski definition) is 1. The fraction of sp³-hybridized carbons (Fsp3) is 0.467. The molecule has 20 heavy (non-hydrogen) atoms. The van der Waals surface area contributed by atoms with Crippen LogP contribution >= 0.6 is 0 Å². The second-order valence-corrected chi connectivity index (χ2v) is 4.70. The smallest absolute Gasteiger partial charge is 0.264 e. The van der Waals surface area contributed by atoms with E-state index in [0.717, 1.165) is 36.4 Å². The summed E-state index contributed by atoms with van der Waals surface area (Å²) in [6.07, 6.45) is 2.68. The van der Waals surface area contributed by atoms with E-state index in [9.17, 15) is 0 Å². The number of aromatic nitrogens is 2. The average Bonchev–Trinajstić information content (AvgIpc) is 2.93. The summed E-state index contributed by atoms with van der Waals surface area (Å²) in [5, 5.41) is 3.90. The lowest BCUT2D eigenvalue weighted by atomic mass is 10.0. The Morgan fingerprint density at radius 3 is 2.85 bits per heavy atom. The van der Waals surface area contributed by atoms with E-state index in [0.29, 0.717) is 5.89 Å². The molecule has 0 fully saturated rings. The Hall–Kier alpha value is -1.88. The van der Waals surface area contributed by atoms with Gasteiger partial charge in [0, 0.05) is 18.0 Å². The summed E-state index contributed by atoms with van der Waals surface area (Å²) in [6.45, 7) is 4.40. The van der Waals surface area contributed by atoms with E-state index >= 15 is 0 Å². The molecule has 0 aliphatic carbocycles. The molecule has 2 N–H and O–H groups in total. The van der Waals surface area contributed by atoms with Gasteiger partial charge in [0.1, 0.15) is 5.75 Å². The quantitative estimate of drug-likeness (QED) is 0.840. The molecule has 1 atom stereocenters. The molecule has 5 heteroatoms. The number of rotatable bonds is 7. The highest BCUT2D eigenvalue weighted by Crippen LogP contribution is 2.25. The van der Waals surface area contributed by atoms with Crippen LogP contribution in [0.3, 0.4) is 0 Å². The summed E-state index contributed by atoms with van der Waals surface area (Å²) in [6, 6.07) is 7.76. The summed E-state index contributed by atoms with van der Waals surface area (Å²) in [7, 11) is 0. The second-order valence-electron chi connectivity index (χ2n) is 4.70. The standard InChI is InChI=1S/C15H21N3O2/c1-3-7-14-17-15(20-18-14)10-19-13-9-6-5-8-11(13)12(16)4-2/h5-6,8-9,12H,3-4,7,10,16H2,1-2H3/t12-/m0/s1. The van der Waals surface area contributed by atoms with E-state index in [1.165, 1.54) is 0 Å². The van der Waals surface area contributed by atoms with Crippen molar-refractivity contribution in [1.29, 1.82) is 0 Å². The lowest BCUT2D eigenvalue weighted by Crippen LogP contribution is -2.10. The van der Waals surface area contributed by atoms with Crippen LogP contribution in [0.2, 0.25) is 0 Å². The maximum absolute atomic E-state index is 6.08. The highest BCUT2D eigenvalue weighted by atomic mass is 16.5. The van der Waals surface area contributed by atoms with Crippen LogP contribution in [0.5, 0.6) is 5.75 Å². The fourth-order valence-corrected chi connectivity index (χ4v) is 1.95. The lowest BCUT2D eigenvalue weighted by Gasteiger charge is -2.14. The van der Waals surface area contributed by atoms with Gasteiger partial charge in [-0.3, -0.25) is 0 Å². The van der Waals surface area contributed by atoms with Gasteiger partial charge < -0.3 is 15.0 Å². The molecule has 0 aliphatic rings. The van der Waals surface area contributed by atoms with Crippen molar-refractivity contribution in [2.24, 2.45) is 5.73 Å². The van der Waals surface area contributed by atoms with Crippen molar-refractivity contribution in [3.8, 4) is 5.75 Å². The van der Waals surface area contributed by atoms with Gasteiger partial charge in [0.05, 0.1) is 0 Å². The van der Waals surface area contributed by atoms with Crippen molar-refractivity contribution < 1.29 is 9.26 Å². The van der Waals surface area contributed by atoms with Crippen LogP contribution in [0.15, 0.2) is 28.8 Å². The Kier molecular flexibility index (Phi) is 5.12. The third-order valence-corrected chi connectivity index (χ3v) is 3.09. The third kappa shape index (κ3) is 3.57. The van der Waals surface area contributed by atoms with Crippen LogP contribution < -0.4 is 10.5 Å². The molecular formula is C15H21N3O2. The molecule has 5 nitrogen and oxygen atoms in total. The van der Waals surface area contributed by atoms with Crippen molar-refractivity contribution in [2.45, 2.75) is 45.8 Å². The lowest BCUT2D eigenvalue weighted by molar-refractivity contribution is 0.239. The number of benzene rings is 1. The van der Waals surface area contributed by atoms with Gasteiger partial charge in [0.2, 0.25) is 0 Å². The molecule has 0 amide bonds. The SMILES string of the molecule is CCCc1noc(COc2ccccc2[C@@H](N)CC)n1. The van der Waals surface area contributed by atoms with E-state index in [1.54, 1.807) is 0 Å². The van der Waals surface area contributed by atoms with E-state index in [1.807, 2.05) is 24.3 Å². The zero-order valence-electron chi connectivity index (χ0n) is 12.0. The molecule has 0 saturated carbocycles. The molecule has 0 radical (unpaired) electrons. The van der Waals surface area contributed by atoms with Crippen molar-refractivity contribution in [2.75, 3.05) is 0 Å². The summed E-state index contributed by atoms with van der Waals surface area (Å²) < 4.78 is 10.9. The van der Waals surface area contributed by atoms with Crippen molar-refractivity contribution in [3.05, 3.63) is 41.5 Å². The molecular weight excluding hydrogens is 254 g/mol. The molecule has 108 valence electrons. The largest absolute Gasteiger partial charge is 0.483 e. The molecule has 2 aromatic rings. The summed E-state index contributed by atoms with van der Waals surface area (Å²) in [4.78, 5) is 4.28. The average molecular weight is 275 g/mol. The van der Waals surface area contributed by atoms with E-state index in [2.05, 4.69) is 24.0 Å². The number of nitrogens with zero attached hydrogens (tertiary/aromatic N) is 2. The van der Waals surface area contributed by atoms with Crippen molar-refractivity contribution in [3.63, 3.8) is 0 Å². The van der Waals surface area contributed by atoms with Crippen LogP contribution in [0.4, 0.5) is 0 Å². The zero-order chi connectivity index (χ0) is 14.4. The van der Waals surface area contributed by atoms with Crippen LogP contribution in [-0.2, 0) is 13.0 Å². The third-order valence-electron chi connectivity index (χ3n) is 3.09. The predicted molar refractivity (Wildman–Crippen MR) is 76.3 cm³/mol. The molecule has 0 aliphatic heterocycles. The van der Waals surface area contributed by atoms with E-state index in [4.69, 9.17) is 15.0 Å². The van der Waals surface area contributed by atoms with E-state index in [-0.39, 0.29) is 12.6 Å². The molecule has 2 rings (SSSR count). The Bertz CT molecular complexity index is 539. The fourth-order valence-electron chi connectivity index (χ4n) is 1.95. The number of aryl methyl sites for hydroxylation is 1. The van der Waals surface area contributed by atoms with Crippen LogP contribution in [-0.4, -0.2) is 10.1 Å². The maximum Gasteiger partial charge on any atom is 0.264 e. The van der Waals surface area contributed by atoms with E-state index < -0.39 is 0 Å². The van der Waals surface area contributed by atoms with Gasteiger partial charge in [-0.15, -0.1) is 0 Å². The Labute approximate surface area is 119 Å². The first-order chi connectivity index (χ1) is 9.74. The van der Waals surface area contributed by atoms with Crippen molar-refractivity contribution >= 4 is 0 Å². The maximum atomic E-state index is 6.08. The van der Waals surface area contributed by atoms with Crippen LogP contribution in [0.1, 0.15) is 50.0 Å². The van der Waals surface area contributed by atoms with Crippen LogP contribution in [0.25, 0.3) is 0 Å². The second kappa shape index (κ2) is 7.05. The van der Waals surface area contributed by atoms with Crippen molar-refractivity contribution in [1.82, 2.24) is 10.1 Å². The monoisotopic (exact) mass is 275 g/mol. The summed E-state index contributed by atoms with van der Waals surface area (Å²) >= 11 is 0. The molecule has 1 heterocycles. The highest BCUT2D eigenvalue weighted by Gasteiger charge is 2.12. The molecule has 0 unspecified atom stereocenters. The summed E-state index contributed by atoms with van der Waals surface area (Å²) in [5.41, 5.74) is 7.08. The first kappa shape index (κ1) is 14.5. The number of nitrogens with two attached hydrogens (primary N) is 1. The minimum Gasteiger partial charge on any atom is -0.483 e. The van der Waals surface area contributed by atoms with Gasteiger partial charge in [-0.2, -0.15) is 4.98 Å². The van der Waals surface area contributed by atoms with Gasteiger partial charge in [0.25, 0.3) is 5.89 Å². The number of para-hydroxylation sites is 1. The van der Waals surface area contributed by atoms with Gasteiger partial charge in [-0.05, 0) is 18.9 Å². The molecule has 0 spiro atoms.